The van der Waals surface area contributed by atoms with Gasteiger partial charge in [-0.05, 0) is 28.8 Å². The lowest BCUT2D eigenvalue weighted by molar-refractivity contribution is 0.820. The molecule has 0 aliphatic heterocycles. The van der Waals surface area contributed by atoms with Crippen molar-refractivity contribution < 1.29 is 0 Å². The Kier molecular flexibility index (Phi) is 2.69. The predicted molar refractivity (Wildman–Crippen MR) is 62.6 cm³/mol. The Hall–Kier alpha value is -1.81. The van der Waals surface area contributed by atoms with Crippen molar-refractivity contribution in [2.45, 2.75) is 19.3 Å². The van der Waals surface area contributed by atoms with Gasteiger partial charge in [-0.15, -0.1) is 0 Å². The molecular weight excluding hydrogens is 182 g/mol. The van der Waals surface area contributed by atoms with Crippen molar-refractivity contribution in [1.82, 2.24) is 0 Å². The Morgan fingerprint density at radius 1 is 1.13 bits per heavy atom. The lowest BCUT2D eigenvalue weighted by Crippen LogP contribution is -1.92. The van der Waals surface area contributed by atoms with Crippen LogP contribution in [0.3, 0.4) is 0 Å². The Labute approximate surface area is 90.0 Å². The first-order valence-corrected chi connectivity index (χ1v) is 5.23. The molecular formula is C14H13N. The summed E-state index contributed by atoms with van der Waals surface area (Å²) in [6.45, 7) is 2.04. The van der Waals surface area contributed by atoms with Gasteiger partial charge < -0.3 is 0 Å². The number of nitrogens with zero attached hydrogens (tertiary/aromatic N) is 1. The van der Waals surface area contributed by atoms with Crippen LogP contribution in [-0.4, -0.2) is 0 Å². The fourth-order valence-electron chi connectivity index (χ4n) is 1.83. The second-order valence-electron chi connectivity index (χ2n) is 3.70. The normalized spacial score (nSPS) is 12.3. The number of hydrogen-bond acceptors (Lipinski definition) is 1. The number of rotatable bonds is 2. The van der Waals surface area contributed by atoms with Gasteiger partial charge in [0.15, 0.2) is 0 Å². The third-order valence-corrected chi connectivity index (χ3v) is 2.74. The summed E-state index contributed by atoms with van der Waals surface area (Å²) in [7, 11) is 0. The van der Waals surface area contributed by atoms with Gasteiger partial charge in [0.25, 0.3) is 0 Å². The zero-order valence-electron chi connectivity index (χ0n) is 8.77. The van der Waals surface area contributed by atoms with Crippen LogP contribution < -0.4 is 0 Å². The standard InChI is InChI=1S/C14H13N/c1-2-11(10-15)14-8-7-12-5-3-4-6-13(12)9-14/h3-9,11H,2H2,1H3. The van der Waals surface area contributed by atoms with Gasteiger partial charge in [0.1, 0.15) is 0 Å². The molecule has 0 amide bonds. The molecule has 0 aliphatic rings. The first kappa shape index (κ1) is 9.73. The summed E-state index contributed by atoms with van der Waals surface area (Å²) in [5.41, 5.74) is 1.12. The highest BCUT2D eigenvalue weighted by atomic mass is 14.3. The van der Waals surface area contributed by atoms with Crippen LogP contribution in [0.4, 0.5) is 0 Å². The van der Waals surface area contributed by atoms with Crippen LogP contribution in [0.5, 0.6) is 0 Å². The van der Waals surface area contributed by atoms with Crippen molar-refractivity contribution in [2.24, 2.45) is 0 Å². The summed E-state index contributed by atoms with van der Waals surface area (Å²) >= 11 is 0. The van der Waals surface area contributed by atoms with E-state index in [4.69, 9.17) is 5.26 Å². The fraction of sp³-hybridized carbons (Fsp3) is 0.214. The second-order valence-corrected chi connectivity index (χ2v) is 3.70. The molecule has 0 fully saturated rings. The molecule has 0 heterocycles. The van der Waals surface area contributed by atoms with Crippen molar-refractivity contribution >= 4 is 10.8 Å². The summed E-state index contributed by atoms with van der Waals surface area (Å²) in [6.07, 6.45) is 0.870. The lowest BCUT2D eigenvalue weighted by atomic mass is 9.95. The molecule has 0 saturated carbocycles. The van der Waals surface area contributed by atoms with Gasteiger partial charge in [0.2, 0.25) is 0 Å². The molecule has 0 bridgehead atoms. The van der Waals surface area contributed by atoms with Crippen LogP contribution in [0.1, 0.15) is 24.8 Å². The minimum absolute atomic E-state index is 0.0228. The topological polar surface area (TPSA) is 23.8 Å². The van der Waals surface area contributed by atoms with Gasteiger partial charge in [-0.3, -0.25) is 0 Å². The molecule has 2 aromatic carbocycles. The van der Waals surface area contributed by atoms with E-state index in [9.17, 15) is 0 Å². The maximum Gasteiger partial charge on any atom is 0.0710 e. The third-order valence-electron chi connectivity index (χ3n) is 2.74. The van der Waals surface area contributed by atoms with E-state index >= 15 is 0 Å². The van der Waals surface area contributed by atoms with Crippen LogP contribution in [0.2, 0.25) is 0 Å². The van der Waals surface area contributed by atoms with Gasteiger partial charge in [0.05, 0.1) is 12.0 Å². The fourth-order valence-corrected chi connectivity index (χ4v) is 1.83. The largest absolute Gasteiger partial charge is 0.198 e. The maximum absolute atomic E-state index is 9.00. The monoisotopic (exact) mass is 195 g/mol. The molecule has 0 N–H and O–H groups in total. The molecule has 74 valence electrons. The van der Waals surface area contributed by atoms with Crippen molar-refractivity contribution in [3.63, 3.8) is 0 Å². The Morgan fingerprint density at radius 3 is 2.53 bits per heavy atom. The van der Waals surface area contributed by atoms with Gasteiger partial charge in [0, 0.05) is 0 Å². The highest BCUT2D eigenvalue weighted by molar-refractivity contribution is 5.83. The Morgan fingerprint density at radius 2 is 1.87 bits per heavy atom. The zero-order valence-corrected chi connectivity index (χ0v) is 8.77. The summed E-state index contributed by atoms with van der Waals surface area (Å²) < 4.78 is 0. The van der Waals surface area contributed by atoms with Crippen LogP contribution in [0.25, 0.3) is 10.8 Å². The van der Waals surface area contributed by atoms with Crippen LogP contribution in [0.15, 0.2) is 42.5 Å². The van der Waals surface area contributed by atoms with E-state index in [-0.39, 0.29) is 5.92 Å². The second kappa shape index (κ2) is 4.14. The number of fused-ring (bicyclic) bond motifs is 1. The molecule has 1 atom stereocenters. The molecule has 2 aromatic rings. The van der Waals surface area contributed by atoms with E-state index in [1.165, 1.54) is 10.8 Å². The van der Waals surface area contributed by atoms with Crippen LogP contribution in [-0.2, 0) is 0 Å². The van der Waals surface area contributed by atoms with E-state index in [0.717, 1.165) is 12.0 Å². The average molecular weight is 195 g/mol. The van der Waals surface area contributed by atoms with Crippen molar-refractivity contribution in [1.29, 1.82) is 5.26 Å². The summed E-state index contributed by atoms with van der Waals surface area (Å²) in [5, 5.41) is 11.4. The number of benzene rings is 2. The highest BCUT2D eigenvalue weighted by Gasteiger charge is 2.07. The summed E-state index contributed by atoms with van der Waals surface area (Å²) in [6, 6.07) is 16.8. The number of hydrogen-bond donors (Lipinski definition) is 0. The molecule has 0 aromatic heterocycles. The highest BCUT2D eigenvalue weighted by Crippen LogP contribution is 2.23. The quantitative estimate of drug-likeness (QED) is 0.713. The molecule has 0 saturated heterocycles. The molecule has 1 nitrogen and oxygen atoms in total. The van der Waals surface area contributed by atoms with Crippen molar-refractivity contribution in [3.05, 3.63) is 48.0 Å². The molecule has 0 spiro atoms. The van der Waals surface area contributed by atoms with Crippen LogP contribution in [0, 0.1) is 11.3 Å². The van der Waals surface area contributed by atoms with Crippen LogP contribution >= 0.6 is 0 Å². The van der Waals surface area contributed by atoms with E-state index in [1.54, 1.807) is 0 Å². The SMILES string of the molecule is CCC(C#N)c1ccc2ccccc2c1. The van der Waals surface area contributed by atoms with E-state index in [2.05, 4.69) is 36.4 Å². The first-order valence-electron chi connectivity index (χ1n) is 5.23. The minimum Gasteiger partial charge on any atom is -0.198 e. The number of nitriles is 1. The molecule has 0 aliphatic carbocycles. The predicted octanol–water partition coefficient (Wildman–Crippen LogP) is 3.86. The minimum atomic E-state index is 0.0228. The van der Waals surface area contributed by atoms with Gasteiger partial charge >= 0.3 is 0 Å². The molecule has 1 heteroatoms. The third kappa shape index (κ3) is 1.85. The van der Waals surface area contributed by atoms with Crippen molar-refractivity contribution in [3.8, 4) is 6.07 Å². The summed E-state index contributed by atoms with van der Waals surface area (Å²) in [4.78, 5) is 0. The van der Waals surface area contributed by atoms with E-state index in [1.807, 2.05) is 19.1 Å². The van der Waals surface area contributed by atoms with Gasteiger partial charge in [-0.2, -0.15) is 5.26 Å². The van der Waals surface area contributed by atoms with Crippen molar-refractivity contribution in [2.75, 3.05) is 0 Å². The maximum atomic E-state index is 9.00. The average Bonchev–Trinajstić information content (AvgIpc) is 2.30. The van der Waals surface area contributed by atoms with E-state index < -0.39 is 0 Å². The molecule has 15 heavy (non-hydrogen) atoms. The molecule has 0 radical (unpaired) electrons. The van der Waals surface area contributed by atoms with Gasteiger partial charge in [-0.25, -0.2) is 0 Å². The lowest BCUT2D eigenvalue weighted by Gasteiger charge is -2.07. The first-order chi connectivity index (χ1) is 7.35. The molecule has 2 rings (SSSR count). The summed E-state index contributed by atoms with van der Waals surface area (Å²) in [5.74, 6) is 0.0228. The zero-order chi connectivity index (χ0) is 10.7. The Bertz CT molecular complexity index is 508. The molecule has 1 unspecified atom stereocenters. The van der Waals surface area contributed by atoms with E-state index in [0.29, 0.717) is 0 Å². The van der Waals surface area contributed by atoms with Gasteiger partial charge in [-0.1, -0.05) is 43.3 Å². The Balaban J connectivity index is 2.52. The smallest absolute Gasteiger partial charge is 0.0710 e.